The molecule has 0 radical (unpaired) electrons. The molecule has 0 aliphatic rings. The highest BCUT2D eigenvalue weighted by molar-refractivity contribution is 5.37. The van der Waals surface area contributed by atoms with Crippen molar-refractivity contribution in [1.82, 2.24) is 9.55 Å². The Kier molecular flexibility index (Phi) is 3.23. The molecule has 1 aromatic heterocycles. The number of rotatable bonds is 3. The van der Waals surface area contributed by atoms with Gasteiger partial charge in [0, 0.05) is 18.0 Å². The second kappa shape index (κ2) is 4.82. The lowest BCUT2D eigenvalue weighted by Crippen LogP contribution is -2.19. The van der Waals surface area contributed by atoms with E-state index in [0.717, 1.165) is 16.9 Å². The maximum atomic E-state index is 11.6. The molecule has 0 N–H and O–H groups in total. The first kappa shape index (κ1) is 11.4. The van der Waals surface area contributed by atoms with E-state index < -0.39 is 0 Å². The normalized spacial score (nSPS) is 10.2. The van der Waals surface area contributed by atoms with Crippen molar-refractivity contribution < 1.29 is 4.74 Å². The van der Waals surface area contributed by atoms with Gasteiger partial charge in [0.25, 0.3) is 5.56 Å². The first-order valence-electron chi connectivity index (χ1n) is 5.34. The SMILES string of the molecule is COc1ccc(C)cc1Cn1ccncc1=O. The Morgan fingerprint density at radius 1 is 1.41 bits per heavy atom. The molecule has 0 amide bonds. The van der Waals surface area contributed by atoms with Gasteiger partial charge in [-0.2, -0.15) is 0 Å². The van der Waals surface area contributed by atoms with Crippen LogP contribution >= 0.6 is 0 Å². The Morgan fingerprint density at radius 2 is 2.24 bits per heavy atom. The van der Waals surface area contributed by atoms with Gasteiger partial charge in [0.15, 0.2) is 0 Å². The Balaban J connectivity index is 2.39. The summed E-state index contributed by atoms with van der Waals surface area (Å²) in [6.45, 7) is 2.50. The maximum Gasteiger partial charge on any atom is 0.269 e. The van der Waals surface area contributed by atoms with Crippen molar-refractivity contribution in [3.63, 3.8) is 0 Å². The molecule has 0 atom stereocenters. The first-order chi connectivity index (χ1) is 8.20. The van der Waals surface area contributed by atoms with E-state index >= 15 is 0 Å². The van der Waals surface area contributed by atoms with Crippen molar-refractivity contribution in [2.45, 2.75) is 13.5 Å². The van der Waals surface area contributed by atoms with Gasteiger partial charge in [0.2, 0.25) is 0 Å². The average Bonchev–Trinajstić information content (AvgIpc) is 2.32. The lowest BCUT2D eigenvalue weighted by Gasteiger charge is -2.10. The van der Waals surface area contributed by atoms with E-state index in [9.17, 15) is 4.79 Å². The lowest BCUT2D eigenvalue weighted by molar-refractivity contribution is 0.408. The van der Waals surface area contributed by atoms with Gasteiger partial charge in [0.05, 0.1) is 19.9 Å². The van der Waals surface area contributed by atoms with Crippen LogP contribution in [0.3, 0.4) is 0 Å². The summed E-state index contributed by atoms with van der Waals surface area (Å²) in [6, 6.07) is 5.92. The van der Waals surface area contributed by atoms with Gasteiger partial charge in [0.1, 0.15) is 5.75 Å². The summed E-state index contributed by atoms with van der Waals surface area (Å²) in [5.74, 6) is 0.791. The third-order valence-electron chi connectivity index (χ3n) is 2.58. The number of nitrogens with zero attached hydrogens (tertiary/aromatic N) is 2. The topological polar surface area (TPSA) is 44.1 Å². The van der Waals surface area contributed by atoms with E-state index in [-0.39, 0.29) is 5.56 Å². The van der Waals surface area contributed by atoms with E-state index in [1.54, 1.807) is 24.1 Å². The third-order valence-corrected chi connectivity index (χ3v) is 2.58. The summed E-state index contributed by atoms with van der Waals surface area (Å²) in [7, 11) is 1.63. The largest absolute Gasteiger partial charge is 0.496 e. The zero-order valence-electron chi connectivity index (χ0n) is 9.88. The summed E-state index contributed by atoms with van der Waals surface area (Å²) in [6.07, 6.45) is 4.58. The zero-order valence-corrected chi connectivity index (χ0v) is 9.88. The number of hydrogen-bond acceptors (Lipinski definition) is 3. The molecule has 0 saturated heterocycles. The summed E-state index contributed by atoms with van der Waals surface area (Å²) < 4.78 is 6.88. The van der Waals surface area contributed by atoms with Crippen LogP contribution in [-0.4, -0.2) is 16.7 Å². The minimum absolute atomic E-state index is 0.115. The molecule has 2 rings (SSSR count). The molecule has 0 bridgehead atoms. The highest BCUT2D eigenvalue weighted by atomic mass is 16.5. The van der Waals surface area contributed by atoms with Gasteiger partial charge >= 0.3 is 0 Å². The standard InChI is InChI=1S/C13H14N2O2/c1-10-3-4-12(17-2)11(7-10)9-15-6-5-14-8-13(15)16/h3-8H,9H2,1-2H3. The fourth-order valence-corrected chi connectivity index (χ4v) is 1.72. The second-order valence-corrected chi connectivity index (χ2v) is 3.86. The van der Waals surface area contributed by atoms with Crippen LogP contribution < -0.4 is 10.3 Å². The Hall–Kier alpha value is -2.10. The molecule has 4 heteroatoms. The number of aryl methyl sites for hydroxylation is 1. The highest BCUT2D eigenvalue weighted by Crippen LogP contribution is 2.20. The quantitative estimate of drug-likeness (QED) is 0.804. The fraction of sp³-hybridized carbons (Fsp3) is 0.231. The molecule has 0 fully saturated rings. The summed E-state index contributed by atoms with van der Waals surface area (Å²) >= 11 is 0. The minimum atomic E-state index is -0.115. The molecule has 1 aromatic carbocycles. The Morgan fingerprint density at radius 3 is 2.94 bits per heavy atom. The number of benzene rings is 1. The van der Waals surface area contributed by atoms with E-state index in [0.29, 0.717) is 6.54 Å². The number of hydrogen-bond donors (Lipinski definition) is 0. The van der Waals surface area contributed by atoms with Gasteiger partial charge in [-0.3, -0.25) is 9.78 Å². The minimum Gasteiger partial charge on any atom is -0.496 e. The molecule has 2 aromatic rings. The van der Waals surface area contributed by atoms with Gasteiger partial charge in [-0.1, -0.05) is 17.7 Å². The first-order valence-corrected chi connectivity index (χ1v) is 5.34. The van der Waals surface area contributed by atoms with Crippen LogP contribution in [0.15, 0.2) is 41.6 Å². The van der Waals surface area contributed by atoms with E-state index in [1.807, 2.05) is 25.1 Å². The van der Waals surface area contributed by atoms with Crippen LogP contribution in [0.5, 0.6) is 5.75 Å². The molecular formula is C13H14N2O2. The Bertz CT molecular complexity index is 576. The van der Waals surface area contributed by atoms with Crippen molar-refractivity contribution in [1.29, 1.82) is 0 Å². The van der Waals surface area contributed by atoms with Crippen LogP contribution in [0.25, 0.3) is 0 Å². The predicted octanol–water partition coefficient (Wildman–Crippen LogP) is 1.61. The molecule has 4 nitrogen and oxygen atoms in total. The monoisotopic (exact) mass is 230 g/mol. The maximum absolute atomic E-state index is 11.6. The molecule has 88 valence electrons. The molecule has 0 spiro atoms. The van der Waals surface area contributed by atoms with Gasteiger partial charge in [-0.15, -0.1) is 0 Å². The number of ether oxygens (including phenoxy) is 1. The van der Waals surface area contributed by atoms with Gasteiger partial charge < -0.3 is 9.30 Å². The predicted molar refractivity (Wildman–Crippen MR) is 65.3 cm³/mol. The smallest absolute Gasteiger partial charge is 0.269 e. The molecular weight excluding hydrogens is 216 g/mol. The molecule has 0 saturated carbocycles. The van der Waals surface area contributed by atoms with Crippen molar-refractivity contribution in [3.8, 4) is 5.75 Å². The summed E-state index contributed by atoms with van der Waals surface area (Å²) in [5.41, 5.74) is 2.01. The fourth-order valence-electron chi connectivity index (χ4n) is 1.72. The molecule has 1 heterocycles. The summed E-state index contributed by atoms with van der Waals surface area (Å²) in [5, 5.41) is 0. The van der Waals surface area contributed by atoms with Crippen LogP contribution in [0, 0.1) is 6.92 Å². The lowest BCUT2D eigenvalue weighted by atomic mass is 10.1. The van der Waals surface area contributed by atoms with Crippen molar-refractivity contribution >= 4 is 0 Å². The van der Waals surface area contributed by atoms with Crippen LogP contribution in [-0.2, 0) is 6.54 Å². The van der Waals surface area contributed by atoms with Crippen molar-refractivity contribution in [3.05, 3.63) is 58.3 Å². The van der Waals surface area contributed by atoms with Crippen LogP contribution in [0.4, 0.5) is 0 Å². The van der Waals surface area contributed by atoms with Gasteiger partial charge in [-0.05, 0) is 13.0 Å². The number of aromatic nitrogens is 2. The van der Waals surface area contributed by atoms with Crippen molar-refractivity contribution in [2.24, 2.45) is 0 Å². The third kappa shape index (κ3) is 2.53. The van der Waals surface area contributed by atoms with E-state index in [4.69, 9.17) is 4.74 Å². The number of methoxy groups -OCH3 is 1. The molecule has 0 aliphatic carbocycles. The van der Waals surface area contributed by atoms with Crippen LogP contribution in [0.1, 0.15) is 11.1 Å². The molecule has 0 aliphatic heterocycles. The van der Waals surface area contributed by atoms with E-state index in [2.05, 4.69) is 4.98 Å². The molecule has 17 heavy (non-hydrogen) atoms. The van der Waals surface area contributed by atoms with Crippen molar-refractivity contribution in [2.75, 3.05) is 7.11 Å². The van der Waals surface area contributed by atoms with Crippen LogP contribution in [0.2, 0.25) is 0 Å². The van der Waals surface area contributed by atoms with E-state index in [1.165, 1.54) is 6.20 Å². The van der Waals surface area contributed by atoms with Gasteiger partial charge in [-0.25, -0.2) is 0 Å². The zero-order chi connectivity index (χ0) is 12.3. The Labute approximate surface area is 99.5 Å². The molecule has 0 unspecified atom stereocenters. The summed E-state index contributed by atoms with van der Waals surface area (Å²) in [4.78, 5) is 15.3. The second-order valence-electron chi connectivity index (χ2n) is 3.86. The highest BCUT2D eigenvalue weighted by Gasteiger charge is 2.04. The average molecular weight is 230 g/mol.